The summed E-state index contributed by atoms with van der Waals surface area (Å²) in [5.74, 6) is 0.840. The van der Waals surface area contributed by atoms with E-state index < -0.39 is 0 Å². The molecule has 0 spiro atoms. The van der Waals surface area contributed by atoms with Gasteiger partial charge in [-0.25, -0.2) is 4.98 Å². The average molecular weight is 328 g/mol. The molecule has 3 nitrogen and oxygen atoms in total. The number of hydrogen-bond donors (Lipinski definition) is 1. The van der Waals surface area contributed by atoms with E-state index in [2.05, 4.69) is 44.4 Å². The normalized spacial score (nSPS) is 10.4. The average Bonchev–Trinajstić information content (AvgIpc) is 2.96. The van der Waals surface area contributed by atoms with Crippen LogP contribution in [0.15, 0.2) is 71.5 Å². The molecule has 0 fully saturated rings. The summed E-state index contributed by atoms with van der Waals surface area (Å²) in [6.07, 6.45) is 3.76. The maximum Gasteiger partial charge on any atom is 0.207 e. The van der Waals surface area contributed by atoms with Gasteiger partial charge in [-0.2, -0.15) is 0 Å². The van der Waals surface area contributed by atoms with Crippen LogP contribution in [0.2, 0.25) is 0 Å². The fourth-order valence-electron chi connectivity index (χ4n) is 2.05. The fourth-order valence-corrected chi connectivity index (χ4v) is 2.47. The molecule has 0 aliphatic rings. The summed E-state index contributed by atoms with van der Waals surface area (Å²) in [6.45, 7) is 0.727. The van der Waals surface area contributed by atoms with Crippen LogP contribution in [0.3, 0.4) is 0 Å². The first kappa shape index (κ1) is 12.9. The van der Waals surface area contributed by atoms with Crippen molar-refractivity contribution in [1.29, 1.82) is 0 Å². The molecular weight excluding hydrogens is 314 g/mol. The molecule has 3 rings (SSSR count). The first-order valence-electron chi connectivity index (χ1n) is 6.40. The Balaban J connectivity index is 1.80. The molecule has 1 heterocycles. The maximum absolute atomic E-state index is 4.37. The first-order chi connectivity index (χ1) is 9.84. The number of rotatable bonds is 4. The third kappa shape index (κ3) is 2.75. The van der Waals surface area contributed by atoms with Crippen molar-refractivity contribution in [2.24, 2.45) is 0 Å². The van der Waals surface area contributed by atoms with Gasteiger partial charge in [0.1, 0.15) is 0 Å². The third-order valence-corrected chi connectivity index (χ3v) is 3.84. The van der Waals surface area contributed by atoms with Crippen LogP contribution in [0.1, 0.15) is 5.56 Å². The molecule has 4 heteroatoms. The number of nitrogens with zero attached hydrogens (tertiary/aromatic N) is 2. The van der Waals surface area contributed by atoms with Crippen LogP contribution >= 0.6 is 15.9 Å². The van der Waals surface area contributed by atoms with Crippen molar-refractivity contribution in [2.75, 3.05) is 5.32 Å². The van der Waals surface area contributed by atoms with Crippen LogP contribution in [0.25, 0.3) is 5.69 Å². The van der Waals surface area contributed by atoms with Crippen molar-refractivity contribution in [1.82, 2.24) is 9.55 Å². The Morgan fingerprint density at radius 1 is 1.00 bits per heavy atom. The van der Waals surface area contributed by atoms with Gasteiger partial charge in [0.25, 0.3) is 0 Å². The van der Waals surface area contributed by atoms with E-state index in [9.17, 15) is 0 Å². The van der Waals surface area contributed by atoms with Crippen molar-refractivity contribution in [2.45, 2.75) is 6.54 Å². The molecule has 0 saturated carbocycles. The molecule has 0 amide bonds. The van der Waals surface area contributed by atoms with E-state index in [1.54, 1.807) is 6.20 Å². The van der Waals surface area contributed by atoms with Crippen molar-refractivity contribution in [3.05, 3.63) is 77.0 Å². The Morgan fingerprint density at radius 2 is 1.75 bits per heavy atom. The number of imidazole rings is 1. The van der Waals surface area contributed by atoms with E-state index in [-0.39, 0.29) is 0 Å². The Morgan fingerprint density at radius 3 is 2.55 bits per heavy atom. The van der Waals surface area contributed by atoms with Gasteiger partial charge in [-0.15, -0.1) is 0 Å². The number of benzene rings is 2. The number of halogens is 1. The second kappa shape index (κ2) is 5.92. The van der Waals surface area contributed by atoms with Gasteiger partial charge < -0.3 is 5.32 Å². The van der Waals surface area contributed by atoms with Crippen LogP contribution in [0, 0.1) is 0 Å². The predicted octanol–water partition coefficient (Wildman–Crippen LogP) is 4.25. The third-order valence-electron chi connectivity index (χ3n) is 3.07. The zero-order valence-corrected chi connectivity index (χ0v) is 12.4. The monoisotopic (exact) mass is 327 g/mol. The number of hydrogen-bond acceptors (Lipinski definition) is 2. The maximum atomic E-state index is 4.37. The van der Waals surface area contributed by atoms with Gasteiger partial charge >= 0.3 is 0 Å². The lowest BCUT2D eigenvalue weighted by atomic mass is 10.2. The summed E-state index contributed by atoms with van der Waals surface area (Å²) >= 11 is 3.56. The second-order valence-electron chi connectivity index (χ2n) is 4.40. The summed E-state index contributed by atoms with van der Waals surface area (Å²) in [7, 11) is 0. The van der Waals surface area contributed by atoms with Gasteiger partial charge in [-0.1, -0.05) is 52.3 Å². The van der Waals surface area contributed by atoms with Crippen LogP contribution in [-0.2, 0) is 6.54 Å². The Labute approximate surface area is 126 Å². The number of para-hydroxylation sites is 1. The summed E-state index contributed by atoms with van der Waals surface area (Å²) < 4.78 is 3.14. The molecule has 0 saturated heterocycles. The minimum absolute atomic E-state index is 0.727. The quantitative estimate of drug-likeness (QED) is 0.776. The molecule has 3 aromatic rings. The van der Waals surface area contributed by atoms with Crippen molar-refractivity contribution in [3.63, 3.8) is 0 Å². The van der Waals surface area contributed by atoms with Gasteiger partial charge in [0, 0.05) is 29.1 Å². The zero-order valence-electron chi connectivity index (χ0n) is 10.8. The van der Waals surface area contributed by atoms with E-state index in [4.69, 9.17) is 0 Å². The highest BCUT2D eigenvalue weighted by atomic mass is 79.9. The Hall–Kier alpha value is -2.07. The molecule has 0 radical (unpaired) electrons. The van der Waals surface area contributed by atoms with Crippen LogP contribution in [0.4, 0.5) is 5.95 Å². The van der Waals surface area contributed by atoms with E-state index >= 15 is 0 Å². The van der Waals surface area contributed by atoms with E-state index in [1.807, 2.05) is 47.2 Å². The highest BCUT2D eigenvalue weighted by Gasteiger charge is 2.05. The summed E-state index contributed by atoms with van der Waals surface area (Å²) in [6, 6.07) is 18.3. The Bertz CT molecular complexity index is 692. The lowest BCUT2D eigenvalue weighted by Crippen LogP contribution is -2.06. The molecule has 1 N–H and O–H groups in total. The van der Waals surface area contributed by atoms with Gasteiger partial charge in [0.05, 0.1) is 0 Å². The highest BCUT2D eigenvalue weighted by molar-refractivity contribution is 9.10. The standard InChI is InChI=1S/C16H14BrN3/c17-15-9-5-4-6-13(15)12-19-16-18-10-11-20(16)14-7-2-1-3-8-14/h1-11H,12H2,(H,18,19). The minimum Gasteiger partial charge on any atom is -0.351 e. The van der Waals surface area contributed by atoms with Crippen LogP contribution in [0.5, 0.6) is 0 Å². The van der Waals surface area contributed by atoms with E-state index in [1.165, 1.54) is 5.56 Å². The van der Waals surface area contributed by atoms with E-state index in [0.717, 1.165) is 22.7 Å². The molecule has 20 heavy (non-hydrogen) atoms. The molecule has 1 aromatic heterocycles. The van der Waals surface area contributed by atoms with Gasteiger partial charge in [-0.05, 0) is 23.8 Å². The van der Waals surface area contributed by atoms with Crippen LogP contribution < -0.4 is 5.32 Å². The molecule has 2 aromatic carbocycles. The molecule has 0 aliphatic heterocycles. The lowest BCUT2D eigenvalue weighted by Gasteiger charge is -2.10. The van der Waals surface area contributed by atoms with Crippen molar-refractivity contribution < 1.29 is 0 Å². The summed E-state index contributed by atoms with van der Waals surface area (Å²) in [5.41, 5.74) is 2.30. The first-order valence-corrected chi connectivity index (χ1v) is 7.20. The molecule has 0 atom stereocenters. The zero-order chi connectivity index (χ0) is 13.8. The molecule has 0 bridgehead atoms. The van der Waals surface area contributed by atoms with Crippen LogP contribution in [-0.4, -0.2) is 9.55 Å². The Kier molecular flexibility index (Phi) is 3.83. The van der Waals surface area contributed by atoms with E-state index in [0.29, 0.717) is 0 Å². The van der Waals surface area contributed by atoms with Crippen molar-refractivity contribution >= 4 is 21.9 Å². The fraction of sp³-hybridized carbons (Fsp3) is 0.0625. The number of nitrogens with one attached hydrogen (secondary N) is 1. The molecule has 100 valence electrons. The topological polar surface area (TPSA) is 29.9 Å². The molecule has 0 aliphatic carbocycles. The lowest BCUT2D eigenvalue weighted by molar-refractivity contribution is 1.00. The minimum atomic E-state index is 0.727. The van der Waals surface area contributed by atoms with Gasteiger partial charge in [0.15, 0.2) is 0 Å². The molecular formula is C16H14BrN3. The van der Waals surface area contributed by atoms with Gasteiger partial charge in [0.2, 0.25) is 5.95 Å². The number of anilines is 1. The van der Waals surface area contributed by atoms with Crippen molar-refractivity contribution in [3.8, 4) is 5.69 Å². The summed E-state index contributed by atoms with van der Waals surface area (Å²) in [4.78, 5) is 4.37. The molecule has 0 unspecified atom stereocenters. The highest BCUT2D eigenvalue weighted by Crippen LogP contribution is 2.18. The SMILES string of the molecule is Brc1ccccc1CNc1nccn1-c1ccccc1. The smallest absolute Gasteiger partial charge is 0.207 e. The number of aromatic nitrogens is 2. The van der Waals surface area contributed by atoms with Gasteiger partial charge in [-0.3, -0.25) is 4.57 Å². The predicted molar refractivity (Wildman–Crippen MR) is 85.0 cm³/mol. The summed E-state index contributed by atoms with van der Waals surface area (Å²) in [5, 5.41) is 3.37. The second-order valence-corrected chi connectivity index (χ2v) is 5.26. The largest absolute Gasteiger partial charge is 0.351 e.